The van der Waals surface area contributed by atoms with Crippen LogP contribution in [0.5, 0.6) is 0 Å². The molecule has 0 spiro atoms. The molecule has 0 amide bonds. The van der Waals surface area contributed by atoms with Gasteiger partial charge in [0.1, 0.15) is 4.83 Å². The Balaban J connectivity index is 1.42. The highest BCUT2D eigenvalue weighted by Crippen LogP contribution is 2.34. The van der Waals surface area contributed by atoms with Gasteiger partial charge in [-0.25, -0.2) is 14.7 Å². The van der Waals surface area contributed by atoms with Crippen LogP contribution < -0.4 is 20.7 Å². The molecule has 42 heavy (non-hydrogen) atoms. The Bertz CT molecular complexity index is 2080. The molecular formula is C37H23N3SSi. The summed E-state index contributed by atoms with van der Waals surface area (Å²) in [6.07, 6.45) is 0. The monoisotopic (exact) mass is 569 g/mol. The molecule has 0 unspecified atom stereocenters. The van der Waals surface area contributed by atoms with Gasteiger partial charge in [-0.3, -0.25) is 0 Å². The van der Waals surface area contributed by atoms with Gasteiger partial charge in [-0.05, 0) is 38.9 Å². The Morgan fingerprint density at radius 1 is 0.500 bits per heavy atom. The van der Waals surface area contributed by atoms with E-state index in [1.54, 1.807) is 11.3 Å². The van der Waals surface area contributed by atoms with E-state index in [0.717, 1.165) is 16.1 Å². The number of fused-ring (bicyclic) bond motifs is 3. The third-order valence-corrected chi connectivity index (χ3v) is 13.8. The van der Waals surface area contributed by atoms with E-state index in [4.69, 9.17) is 18.1 Å². The van der Waals surface area contributed by atoms with E-state index in [0.29, 0.717) is 11.4 Å². The molecule has 0 bridgehead atoms. The lowest BCUT2D eigenvalue weighted by atomic mass is 10.1. The molecule has 7 aromatic rings. The summed E-state index contributed by atoms with van der Waals surface area (Å²) in [5.41, 5.74) is 3.27. The first-order chi connectivity index (χ1) is 20.7. The van der Waals surface area contributed by atoms with E-state index in [1.807, 2.05) is 30.3 Å². The van der Waals surface area contributed by atoms with Crippen molar-refractivity contribution >= 4 is 71.8 Å². The molecule has 5 heteroatoms. The second kappa shape index (κ2) is 10.6. The van der Waals surface area contributed by atoms with Crippen LogP contribution in [0.1, 0.15) is 0 Å². The molecule has 0 saturated heterocycles. The third-order valence-electron chi connectivity index (χ3n) is 7.92. The number of aromatic nitrogens is 1. The van der Waals surface area contributed by atoms with Gasteiger partial charge in [0.15, 0.2) is 19.4 Å². The second-order valence-corrected chi connectivity index (χ2v) is 15.0. The molecule has 0 aliphatic rings. The summed E-state index contributed by atoms with van der Waals surface area (Å²) in [4.78, 5) is 13.4. The Labute approximate surface area is 249 Å². The van der Waals surface area contributed by atoms with Crippen LogP contribution in [0.3, 0.4) is 0 Å². The zero-order valence-electron chi connectivity index (χ0n) is 22.5. The summed E-state index contributed by atoms with van der Waals surface area (Å²) in [5, 5.41) is 7.29. The SMILES string of the molecule is [C-]#[N+]c1ccc([Si](c2ccccc2)(c2ccc([N+]#[C-])cc2)c2ccc(-c3ccc4c(n3)sc3ccccc34)cc2)cc1. The molecule has 7 rings (SSSR count). The molecule has 196 valence electrons. The van der Waals surface area contributed by atoms with Crippen LogP contribution in [0.2, 0.25) is 0 Å². The molecule has 0 aliphatic carbocycles. The molecule has 5 aromatic carbocycles. The van der Waals surface area contributed by atoms with Crippen LogP contribution in [0.4, 0.5) is 11.4 Å². The van der Waals surface area contributed by atoms with Crippen LogP contribution in [-0.4, -0.2) is 13.1 Å². The van der Waals surface area contributed by atoms with Gasteiger partial charge in [0, 0.05) is 21.0 Å². The fraction of sp³-hybridized carbons (Fsp3) is 0. The Hall–Kier alpha value is -5.33. The topological polar surface area (TPSA) is 21.6 Å². The number of thiophene rings is 1. The first kappa shape index (κ1) is 25.6. The van der Waals surface area contributed by atoms with Gasteiger partial charge < -0.3 is 0 Å². The maximum Gasteiger partial charge on any atom is 0.187 e. The Kier molecular flexibility index (Phi) is 6.45. The number of pyridine rings is 1. The van der Waals surface area contributed by atoms with Crippen molar-refractivity contribution < 1.29 is 0 Å². The number of benzene rings is 5. The van der Waals surface area contributed by atoms with Crippen molar-refractivity contribution in [3.05, 3.63) is 162 Å². The van der Waals surface area contributed by atoms with Gasteiger partial charge in [-0.1, -0.05) is 121 Å². The normalized spacial score (nSPS) is 11.3. The van der Waals surface area contributed by atoms with Gasteiger partial charge in [-0.2, -0.15) is 0 Å². The molecule has 0 atom stereocenters. The fourth-order valence-electron chi connectivity index (χ4n) is 5.92. The minimum Gasteiger partial charge on any atom is -0.238 e. The molecule has 0 N–H and O–H groups in total. The van der Waals surface area contributed by atoms with E-state index in [1.165, 1.54) is 36.2 Å². The lowest BCUT2D eigenvalue weighted by molar-refractivity contribution is 1.43. The first-order valence-corrected chi connectivity index (χ1v) is 16.4. The predicted octanol–water partition coefficient (Wildman–Crippen LogP) is 7.60. The van der Waals surface area contributed by atoms with Crippen molar-refractivity contribution in [1.29, 1.82) is 0 Å². The number of hydrogen-bond donors (Lipinski definition) is 0. The number of rotatable bonds is 5. The summed E-state index contributed by atoms with van der Waals surface area (Å²) in [5.74, 6) is 0. The van der Waals surface area contributed by atoms with Crippen molar-refractivity contribution in [2.75, 3.05) is 0 Å². The summed E-state index contributed by atoms with van der Waals surface area (Å²) in [6, 6.07) is 48.4. The summed E-state index contributed by atoms with van der Waals surface area (Å²) in [6.45, 7) is 15.0. The van der Waals surface area contributed by atoms with Crippen molar-refractivity contribution in [2.24, 2.45) is 0 Å². The summed E-state index contributed by atoms with van der Waals surface area (Å²) in [7, 11) is -2.79. The number of hydrogen-bond acceptors (Lipinski definition) is 2. The molecule has 0 saturated carbocycles. The molecular weight excluding hydrogens is 547 g/mol. The van der Waals surface area contributed by atoms with Crippen molar-refractivity contribution in [3.63, 3.8) is 0 Å². The van der Waals surface area contributed by atoms with E-state index >= 15 is 0 Å². The summed E-state index contributed by atoms with van der Waals surface area (Å²) < 4.78 is 1.25. The van der Waals surface area contributed by atoms with Crippen molar-refractivity contribution in [2.45, 2.75) is 0 Å². The predicted molar refractivity (Wildman–Crippen MR) is 179 cm³/mol. The largest absolute Gasteiger partial charge is 0.238 e. The van der Waals surface area contributed by atoms with Crippen LogP contribution in [0, 0.1) is 13.1 Å². The van der Waals surface area contributed by atoms with E-state index < -0.39 is 8.07 Å². The minimum atomic E-state index is -2.79. The molecule has 0 fully saturated rings. The maximum absolute atomic E-state index is 7.50. The lowest BCUT2D eigenvalue weighted by Gasteiger charge is -2.34. The average molecular weight is 570 g/mol. The van der Waals surface area contributed by atoms with Crippen molar-refractivity contribution in [1.82, 2.24) is 4.98 Å². The highest BCUT2D eigenvalue weighted by molar-refractivity contribution is 7.25. The smallest absolute Gasteiger partial charge is 0.187 e. The van der Waals surface area contributed by atoms with Gasteiger partial charge in [-0.15, -0.1) is 11.3 Å². The maximum atomic E-state index is 7.50. The highest BCUT2D eigenvalue weighted by atomic mass is 32.1. The fourth-order valence-corrected chi connectivity index (χ4v) is 11.7. The molecule has 0 radical (unpaired) electrons. The molecule has 2 aromatic heterocycles. The molecule has 0 aliphatic heterocycles. The van der Waals surface area contributed by atoms with E-state index in [2.05, 4.69) is 119 Å². The highest BCUT2D eigenvalue weighted by Gasteiger charge is 2.41. The van der Waals surface area contributed by atoms with Gasteiger partial charge in [0.25, 0.3) is 0 Å². The second-order valence-electron chi connectivity index (χ2n) is 10.2. The zero-order valence-corrected chi connectivity index (χ0v) is 24.3. The van der Waals surface area contributed by atoms with Gasteiger partial charge in [0.2, 0.25) is 0 Å². The van der Waals surface area contributed by atoms with Crippen LogP contribution in [0.15, 0.2) is 140 Å². The lowest BCUT2D eigenvalue weighted by Crippen LogP contribution is -2.74. The van der Waals surface area contributed by atoms with Gasteiger partial charge in [0.05, 0.1) is 18.8 Å². The van der Waals surface area contributed by atoms with Crippen LogP contribution in [0.25, 0.3) is 41.3 Å². The quantitative estimate of drug-likeness (QED) is 0.119. The van der Waals surface area contributed by atoms with E-state index in [-0.39, 0.29) is 0 Å². The van der Waals surface area contributed by atoms with Crippen molar-refractivity contribution in [3.8, 4) is 11.3 Å². The minimum absolute atomic E-state index is 0.621. The molecule has 3 nitrogen and oxygen atoms in total. The average Bonchev–Trinajstić information content (AvgIpc) is 3.44. The Morgan fingerprint density at radius 2 is 1.02 bits per heavy atom. The van der Waals surface area contributed by atoms with Crippen LogP contribution in [-0.2, 0) is 0 Å². The van der Waals surface area contributed by atoms with Gasteiger partial charge >= 0.3 is 0 Å². The Morgan fingerprint density at radius 3 is 1.62 bits per heavy atom. The number of nitrogens with zero attached hydrogens (tertiary/aromatic N) is 3. The first-order valence-electron chi connectivity index (χ1n) is 13.6. The van der Waals surface area contributed by atoms with Crippen LogP contribution >= 0.6 is 11.3 Å². The zero-order chi connectivity index (χ0) is 28.5. The molecule has 2 heterocycles. The third kappa shape index (κ3) is 4.20. The van der Waals surface area contributed by atoms with E-state index in [9.17, 15) is 0 Å². The standard InChI is InChI=1S/C37H23N3SSi/c1-38-27-14-20-31(21-15-27)42(29-8-4-3-5-9-29,32-22-16-28(39-2)17-23-32)30-18-12-26(13-19-30)35-25-24-34-33-10-6-7-11-36(33)41-37(34)40-35/h3-25H. The summed E-state index contributed by atoms with van der Waals surface area (Å²) >= 11 is 1.73.